The molecule has 0 unspecified atom stereocenters. The Hall–Kier alpha value is -2.90. The van der Waals surface area contributed by atoms with Gasteiger partial charge in [-0.25, -0.2) is 4.98 Å². The van der Waals surface area contributed by atoms with E-state index < -0.39 is 0 Å². The minimum Gasteiger partial charge on any atom is -0.493 e. The second kappa shape index (κ2) is 9.94. The van der Waals surface area contributed by atoms with Gasteiger partial charge in [0.1, 0.15) is 5.01 Å². The number of carbonyl (C=O) groups excluding carboxylic acids is 1. The van der Waals surface area contributed by atoms with Crippen LogP contribution in [-0.2, 0) is 11.3 Å². The molecule has 4 rings (SSSR count). The van der Waals surface area contributed by atoms with Gasteiger partial charge in [0.15, 0.2) is 18.1 Å². The fourth-order valence-electron chi connectivity index (χ4n) is 3.60. The Morgan fingerprint density at radius 2 is 1.84 bits per heavy atom. The summed E-state index contributed by atoms with van der Waals surface area (Å²) >= 11 is 1.68. The molecule has 1 aromatic heterocycles. The van der Waals surface area contributed by atoms with E-state index in [9.17, 15) is 4.79 Å². The Balaban J connectivity index is 1.25. The fraction of sp³-hybridized carbons (Fsp3) is 0.333. The first kappa shape index (κ1) is 21.3. The molecule has 0 radical (unpaired) electrons. The van der Waals surface area contributed by atoms with E-state index >= 15 is 0 Å². The van der Waals surface area contributed by atoms with E-state index in [1.54, 1.807) is 18.4 Å². The summed E-state index contributed by atoms with van der Waals surface area (Å²) in [6.07, 6.45) is 0. The van der Waals surface area contributed by atoms with Crippen LogP contribution in [0.4, 0.5) is 0 Å². The van der Waals surface area contributed by atoms with E-state index in [1.807, 2.05) is 48.2 Å². The summed E-state index contributed by atoms with van der Waals surface area (Å²) in [7, 11) is 1.60. The molecule has 3 aromatic rings. The first-order chi connectivity index (χ1) is 15.1. The number of methoxy groups -OCH3 is 1. The molecule has 6 nitrogen and oxygen atoms in total. The van der Waals surface area contributed by atoms with E-state index in [0.717, 1.165) is 41.5 Å². The number of aromatic nitrogens is 1. The smallest absolute Gasteiger partial charge is 0.260 e. The zero-order valence-corrected chi connectivity index (χ0v) is 18.7. The molecule has 7 heteroatoms. The number of amides is 1. The van der Waals surface area contributed by atoms with Gasteiger partial charge in [-0.05, 0) is 24.6 Å². The van der Waals surface area contributed by atoms with Crippen LogP contribution < -0.4 is 9.47 Å². The van der Waals surface area contributed by atoms with E-state index in [1.165, 1.54) is 0 Å². The minimum absolute atomic E-state index is 0.00213. The van der Waals surface area contributed by atoms with Crippen LogP contribution in [0.15, 0.2) is 53.9 Å². The molecular weight excluding hydrogens is 410 g/mol. The largest absolute Gasteiger partial charge is 0.493 e. The maximum atomic E-state index is 12.6. The van der Waals surface area contributed by atoms with Crippen molar-refractivity contribution < 1.29 is 14.3 Å². The van der Waals surface area contributed by atoms with Gasteiger partial charge in [0.05, 0.1) is 12.8 Å². The van der Waals surface area contributed by atoms with Crippen LogP contribution in [0.5, 0.6) is 11.5 Å². The van der Waals surface area contributed by atoms with Crippen molar-refractivity contribution >= 4 is 17.2 Å². The molecule has 1 saturated heterocycles. The van der Waals surface area contributed by atoms with Gasteiger partial charge >= 0.3 is 0 Å². The highest BCUT2D eigenvalue weighted by Crippen LogP contribution is 2.28. The van der Waals surface area contributed by atoms with E-state index in [4.69, 9.17) is 14.5 Å². The summed E-state index contributed by atoms with van der Waals surface area (Å²) in [4.78, 5) is 21.6. The minimum atomic E-state index is 0.00213. The molecule has 2 heterocycles. The third-order valence-corrected chi connectivity index (χ3v) is 6.29. The quantitative estimate of drug-likeness (QED) is 0.562. The molecule has 0 aliphatic carbocycles. The van der Waals surface area contributed by atoms with Crippen LogP contribution >= 0.6 is 11.3 Å². The van der Waals surface area contributed by atoms with Crippen LogP contribution in [0.3, 0.4) is 0 Å². The summed E-state index contributed by atoms with van der Waals surface area (Å²) in [5.74, 6) is 1.25. The first-order valence-electron chi connectivity index (χ1n) is 10.4. The Kier molecular flexibility index (Phi) is 6.84. The topological polar surface area (TPSA) is 54.9 Å². The predicted octanol–water partition coefficient (Wildman–Crippen LogP) is 3.85. The molecule has 0 spiro atoms. The Bertz CT molecular complexity index is 1010. The summed E-state index contributed by atoms with van der Waals surface area (Å²) < 4.78 is 11.1. The molecule has 0 bridgehead atoms. The summed E-state index contributed by atoms with van der Waals surface area (Å²) in [6, 6.07) is 15.9. The highest BCUT2D eigenvalue weighted by molar-refractivity contribution is 7.13. The Labute approximate surface area is 187 Å². The lowest BCUT2D eigenvalue weighted by atomic mass is 10.2. The third-order valence-electron chi connectivity index (χ3n) is 5.35. The van der Waals surface area contributed by atoms with Crippen LogP contribution in [0, 0.1) is 6.92 Å². The molecular formula is C24H27N3O3S. The van der Waals surface area contributed by atoms with Crippen molar-refractivity contribution in [3.63, 3.8) is 0 Å². The number of rotatable bonds is 7. The van der Waals surface area contributed by atoms with Gasteiger partial charge in [-0.3, -0.25) is 9.69 Å². The van der Waals surface area contributed by atoms with E-state index in [2.05, 4.69) is 22.4 Å². The summed E-state index contributed by atoms with van der Waals surface area (Å²) in [6.45, 7) is 5.88. The highest BCUT2D eigenvalue weighted by Gasteiger charge is 2.22. The predicted molar refractivity (Wildman–Crippen MR) is 123 cm³/mol. The molecule has 2 aromatic carbocycles. The van der Waals surface area contributed by atoms with Crippen molar-refractivity contribution in [2.24, 2.45) is 0 Å². The standard InChI is InChI=1S/C24H27N3O3S/c1-18-8-9-21(22(14-18)29-2)30-16-23(28)27-12-10-26(11-13-27)15-20-17-31-24(25-20)19-6-4-3-5-7-19/h3-9,14,17H,10-13,15-16H2,1-2H3. The zero-order chi connectivity index (χ0) is 21.6. The van der Waals surface area contributed by atoms with Crippen molar-refractivity contribution in [3.8, 4) is 22.1 Å². The third kappa shape index (κ3) is 5.42. The van der Waals surface area contributed by atoms with Gasteiger partial charge in [0.25, 0.3) is 5.91 Å². The van der Waals surface area contributed by atoms with E-state index in [-0.39, 0.29) is 12.5 Å². The summed E-state index contributed by atoms with van der Waals surface area (Å²) in [5, 5.41) is 3.18. The molecule has 1 amide bonds. The molecule has 0 saturated carbocycles. The Morgan fingerprint density at radius 1 is 1.06 bits per heavy atom. The van der Waals surface area contributed by atoms with Crippen LogP contribution in [0.25, 0.3) is 10.6 Å². The first-order valence-corrected chi connectivity index (χ1v) is 11.3. The maximum absolute atomic E-state index is 12.6. The second-order valence-electron chi connectivity index (χ2n) is 7.61. The van der Waals surface area contributed by atoms with Gasteiger partial charge in [0, 0.05) is 43.7 Å². The fourth-order valence-corrected chi connectivity index (χ4v) is 4.42. The molecule has 162 valence electrons. The van der Waals surface area contributed by atoms with Gasteiger partial charge in [-0.15, -0.1) is 11.3 Å². The number of benzene rings is 2. The monoisotopic (exact) mass is 437 g/mol. The SMILES string of the molecule is COc1cc(C)ccc1OCC(=O)N1CCN(Cc2csc(-c3ccccc3)n2)CC1. The molecule has 0 atom stereocenters. The van der Waals surface area contributed by atoms with Crippen LogP contribution in [0.2, 0.25) is 0 Å². The van der Waals surface area contributed by atoms with Gasteiger partial charge in [0.2, 0.25) is 0 Å². The van der Waals surface area contributed by atoms with Crippen LogP contribution in [-0.4, -0.2) is 60.6 Å². The number of carbonyl (C=O) groups is 1. The maximum Gasteiger partial charge on any atom is 0.260 e. The van der Waals surface area contributed by atoms with Crippen molar-refractivity contribution in [2.75, 3.05) is 39.9 Å². The number of aryl methyl sites for hydroxylation is 1. The van der Waals surface area contributed by atoms with Gasteiger partial charge in [-0.1, -0.05) is 36.4 Å². The second-order valence-corrected chi connectivity index (χ2v) is 8.47. The van der Waals surface area contributed by atoms with Crippen LogP contribution in [0.1, 0.15) is 11.3 Å². The average molecular weight is 438 g/mol. The lowest BCUT2D eigenvalue weighted by Crippen LogP contribution is -2.49. The van der Waals surface area contributed by atoms with Gasteiger partial charge in [-0.2, -0.15) is 0 Å². The lowest BCUT2D eigenvalue weighted by Gasteiger charge is -2.34. The number of hydrogen-bond acceptors (Lipinski definition) is 6. The molecule has 0 N–H and O–H groups in total. The van der Waals surface area contributed by atoms with E-state index in [0.29, 0.717) is 24.6 Å². The normalized spacial score (nSPS) is 14.5. The lowest BCUT2D eigenvalue weighted by molar-refractivity contribution is -0.135. The van der Waals surface area contributed by atoms with Crippen molar-refractivity contribution in [3.05, 3.63) is 65.2 Å². The number of hydrogen-bond donors (Lipinski definition) is 0. The number of nitrogens with zero attached hydrogens (tertiary/aromatic N) is 3. The number of thiazole rings is 1. The van der Waals surface area contributed by atoms with Crippen molar-refractivity contribution in [1.82, 2.24) is 14.8 Å². The number of piperazine rings is 1. The Morgan fingerprint density at radius 3 is 2.58 bits per heavy atom. The number of ether oxygens (including phenoxy) is 2. The molecule has 31 heavy (non-hydrogen) atoms. The van der Waals surface area contributed by atoms with Gasteiger partial charge < -0.3 is 14.4 Å². The molecule has 1 aliphatic heterocycles. The zero-order valence-electron chi connectivity index (χ0n) is 17.9. The average Bonchev–Trinajstić information content (AvgIpc) is 3.27. The molecule has 1 aliphatic rings. The summed E-state index contributed by atoms with van der Waals surface area (Å²) in [5.41, 5.74) is 3.32. The molecule has 1 fully saturated rings. The highest BCUT2D eigenvalue weighted by atomic mass is 32.1. The van der Waals surface area contributed by atoms with Crippen molar-refractivity contribution in [1.29, 1.82) is 0 Å². The van der Waals surface area contributed by atoms with Crippen molar-refractivity contribution in [2.45, 2.75) is 13.5 Å².